The van der Waals surface area contributed by atoms with Crippen LogP contribution in [-0.4, -0.2) is 19.0 Å². The lowest BCUT2D eigenvalue weighted by Gasteiger charge is -2.37. The molecule has 0 spiro atoms. The van der Waals surface area contributed by atoms with E-state index >= 15 is 0 Å². The zero-order valence-electron chi connectivity index (χ0n) is 14.9. The van der Waals surface area contributed by atoms with Crippen LogP contribution < -0.4 is 5.32 Å². The summed E-state index contributed by atoms with van der Waals surface area (Å²) in [5.74, 6) is 0. The number of fused-ring (bicyclic) bond motifs is 1. The fourth-order valence-corrected chi connectivity index (χ4v) is 5.36. The van der Waals surface area contributed by atoms with Gasteiger partial charge < -0.3 is 5.32 Å². The zero-order valence-corrected chi connectivity index (χ0v) is 16.5. The molecule has 0 unspecified atom stereocenters. The first-order valence-electron chi connectivity index (χ1n) is 8.65. The Kier molecular flexibility index (Phi) is 4.95. The molecule has 27 heavy (non-hydrogen) atoms. The summed E-state index contributed by atoms with van der Waals surface area (Å²) in [6, 6.07) is 24.8. The summed E-state index contributed by atoms with van der Waals surface area (Å²) in [5, 5.41) is 3.42. The Labute approximate surface area is 164 Å². The van der Waals surface area contributed by atoms with Gasteiger partial charge in [0.2, 0.25) is 10.0 Å². The monoisotopic (exact) mass is 396 g/mol. The van der Waals surface area contributed by atoms with Crippen molar-refractivity contribution in [2.75, 3.05) is 11.6 Å². The molecule has 3 aromatic carbocycles. The molecule has 1 N–H and O–H groups in total. The molecule has 4 rings (SSSR count). The number of hydrogen-bond acceptors (Lipinski definition) is 4. The Morgan fingerprint density at radius 1 is 0.926 bits per heavy atom. The lowest BCUT2D eigenvalue weighted by molar-refractivity contribution is 0.336. The van der Waals surface area contributed by atoms with Gasteiger partial charge in [0.1, 0.15) is 11.1 Å². The highest BCUT2D eigenvalue weighted by Crippen LogP contribution is 2.39. The van der Waals surface area contributed by atoms with E-state index in [1.807, 2.05) is 73.0 Å². The van der Waals surface area contributed by atoms with Crippen molar-refractivity contribution in [3.63, 3.8) is 0 Å². The number of anilines is 1. The third kappa shape index (κ3) is 3.48. The second-order valence-corrected chi connectivity index (χ2v) is 9.09. The highest BCUT2D eigenvalue weighted by molar-refractivity contribution is 7.98. The van der Waals surface area contributed by atoms with Crippen molar-refractivity contribution in [3.8, 4) is 0 Å². The average molecular weight is 397 g/mol. The number of nitrogens with one attached hydrogen (secondary N) is 1. The zero-order chi connectivity index (χ0) is 18.9. The van der Waals surface area contributed by atoms with Crippen molar-refractivity contribution in [1.82, 2.24) is 4.31 Å². The van der Waals surface area contributed by atoms with E-state index in [4.69, 9.17) is 0 Å². The largest absolute Gasteiger partial charge is 0.364 e. The lowest BCUT2D eigenvalue weighted by Crippen LogP contribution is -2.42. The number of rotatable bonds is 4. The van der Waals surface area contributed by atoms with E-state index in [-0.39, 0.29) is 0 Å². The minimum absolute atomic E-state index is 0.305. The predicted molar refractivity (Wildman–Crippen MR) is 110 cm³/mol. The second kappa shape index (κ2) is 7.38. The van der Waals surface area contributed by atoms with E-state index in [0.29, 0.717) is 17.1 Å². The fraction of sp³-hybridized carbons (Fsp3) is 0.143. The molecule has 1 aliphatic heterocycles. The molecule has 3 aromatic rings. The highest BCUT2D eigenvalue weighted by Gasteiger charge is 2.38. The number of hydrogen-bond donors (Lipinski definition) is 1. The molecule has 0 radical (unpaired) electrons. The molecule has 4 nitrogen and oxygen atoms in total. The van der Waals surface area contributed by atoms with Crippen LogP contribution in [0.5, 0.6) is 0 Å². The normalized spacial score (nSPS) is 18.5. The van der Waals surface area contributed by atoms with E-state index in [9.17, 15) is 8.42 Å². The van der Waals surface area contributed by atoms with E-state index in [1.165, 1.54) is 0 Å². The molecular formula is C21H20N2O2S2. The molecule has 1 heterocycles. The molecule has 0 bridgehead atoms. The minimum Gasteiger partial charge on any atom is -0.364 e. The lowest BCUT2D eigenvalue weighted by atomic mass is 10.1. The van der Waals surface area contributed by atoms with Gasteiger partial charge in [-0.25, -0.2) is 8.42 Å². The second-order valence-electron chi connectivity index (χ2n) is 6.35. The van der Waals surface area contributed by atoms with Crippen molar-refractivity contribution in [2.24, 2.45) is 0 Å². The number of nitrogens with zero attached hydrogens (tertiary/aromatic N) is 1. The van der Waals surface area contributed by atoms with Crippen LogP contribution in [0.3, 0.4) is 0 Å². The number of benzene rings is 3. The standard InChI is InChI=1S/C21H20N2O2S2/c1-26-18-13-11-17(12-14-18)21-22-19-9-5-6-10-20(19)27(24,25)23(21)15-16-7-3-2-4-8-16/h2-14,21-22H,15H2,1H3/t21-/m0/s1. The van der Waals surface area contributed by atoms with Crippen LogP contribution in [0.25, 0.3) is 0 Å². The van der Waals surface area contributed by atoms with Gasteiger partial charge in [-0.05, 0) is 41.6 Å². The van der Waals surface area contributed by atoms with Crippen LogP contribution in [0.2, 0.25) is 0 Å². The molecule has 138 valence electrons. The Morgan fingerprint density at radius 2 is 1.59 bits per heavy atom. The minimum atomic E-state index is -3.63. The van der Waals surface area contributed by atoms with Crippen LogP contribution in [0, 0.1) is 0 Å². The molecule has 1 atom stereocenters. The first kappa shape index (κ1) is 18.1. The first-order valence-corrected chi connectivity index (χ1v) is 11.3. The summed E-state index contributed by atoms with van der Waals surface area (Å²) in [5.41, 5.74) is 2.51. The van der Waals surface area contributed by atoms with Crippen molar-refractivity contribution in [3.05, 3.63) is 90.0 Å². The Hall–Kier alpha value is -2.28. The molecule has 0 aromatic heterocycles. The summed E-state index contributed by atoms with van der Waals surface area (Å²) in [4.78, 5) is 1.46. The molecule has 0 fully saturated rings. The smallest absolute Gasteiger partial charge is 0.247 e. The molecule has 0 saturated carbocycles. The summed E-state index contributed by atoms with van der Waals surface area (Å²) in [6.07, 6.45) is 1.57. The van der Waals surface area contributed by atoms with E-state index in [2.05, 4.69) is 5.32 Å². The Morgan fingerprint density at radius 3 is 2.30 bits per heavy atom. The van der Waals surface area contributed by atoms with Gasteiger partial charge in [-0.1, -0.05) is 54.6 Å². The maximum Gasteiger partial charge on any atom is 0.247 e. The summed E-state index contributed by atoms with van der Waals surface area (Å²) in [7, 11) is -3.63. The molecular weight excluding hydrogens is 376 g/mol. The highest BCUT2D eigenvalue weighted by atomic mass is 32.2. The van der Waals surface area contributed by atoms with Crippen LogP contribution in [-0.2, 0) is 16.6 Å². The average Bonchev–Trinajstić information content (AvgIpc) is 2.71. The van der Waals surface area contributed by atoms with E-state index in [1.54, 1.807) is 28.2 Å². The Balaban J connectivity index is 1.81. The summed E-state index contributed by atoms with van der Waals surface area (Å²) < 4.78 is 28.3. The predicted octanol–water partition coefficient (Wildman–Crippen LogP) is 4.72. The van der Waals surface area contributed by atoms with Gasteiger partial charge in [0, 0.05) is 11.4 Å². The molecule has 0 amide bonds. The first-order chi connectivity index (χ1) is 13.1. The summed E-state index contributed by atoms with van der Waals surface area (Å²) in [6.45, 7) is 0.305. The van der Waals surface area contributed by atoms with Gasteiger partial charge in [-0.15, -0.1) is 11.8 Å². The van der Waals surface area contributed by atoms with Gasteiger partial charge >= 0.3 is 0 Å². The van der Waals surface area contributed by atoms with Gasteiger partial charge in [0.25, 0.3) is 0 Å². The number of thioether (sulfide) groups is 1. The van der Waals surface area contributed by atoms with Crippen molar-refractivity contribution < 1.29 is 8.42 Å². The van der Waals surface area contributed by atoms with Gasteiger partial charge in [-0.2, -0.15) is 4.31 Å². The van der Waals surface area contributed by atoms with Crippen molar-refractivity contribution in [2.45, 2.75) is 22.5 Å². The number of sulfonamides is 1. The van der Waals surface area contributed by atoms with Crippen LogP contribution in [0.4, 0.5) is 5.69 Å². The fourth-order valence-electron chi connectivity index (χ4n) is 3.27. The van der Waals surface area contributed by atoms with Crippen molar-refractivity contribution >= 4 is 27.5 Å². The third-order valence-electron chi connectivity index (χ3n) is 4.67. The molecule has 1 aliphatic rings. The third-order valence-corrected chi connectivity index (χ3v) is 7.28. The van der Waals surface area contributed by atoms with Crippen LogP contribution >= 0.6 is 11.8 Å². The van der Waals surface area contributed by atoms with Gasteiger partial charge in [0.15, 0.2) is 0 Å². The van der Waals surface area contributed by atoms with Gasteiger partial charge in [0.05, 0.1) is 5.69 Å². The number of para-hydroxylation sites is 1. The van der Waals surface area contributed by atoms with Crippen molar-refractivity contribution in [1.29, 1.82) is 0 Å². The quantitative estimate of drug-likeness (QED) is 0.648. The van der Waals surface area contributed by atoms with Crippen LogP contribution in [0.15, 0.2) is 88.7 Å². The summed E-state index contributed by atoms with van der Waals surface area (Å²) >= 11 is 1.66. The molecule has 0 aliphatic carbocycles. The molecule has 6 heteroatoms. The molecule has 0 saturated heterocycles. The Bertz CT molecular complexity index is 1040. The van der Waals surface area contributed by atoms with Crippen LogP contribution in [0.1, 0.15) is 17.3 Å². The van der Waals surface area contributed by atoms with E-state index < -0.39 is 16.2 Å². The van der Waals surface area contributed by atoms with Gasteiger partial charge in [-0.3, -0.25) is 0 Å². The maximum atomic E-state index is 13.4. The SMILES string of the molecule is CSc1ccc([C@H]2Nc3ccccc3S(=O)(=O)N2Cc2ccccc2)cc1. The topological polar surface area (TPSA) is 49.4 Å². The van der Waals surface area contributed by atoms with E-state index in [0.717, 1.165) is 16.0 Å². The maximum absolute atomic E-state index is 13.4.